The molecule has 5 nitrogen and oxygen atoms in total. The van der Waals surface area contributed by atoms with E-state index in [1.807, 2.05) is 0 Å². The number of rotatable bonds is 6. The van der Waals surface area contributed by atoms with E-state index in [0.29, 0.717) is 18.0 Å². The molecule has 1 fully saturated rings. The normalized spacial score (nSPS) is 13.8. The van der Waals surface area contributed by atoms with Gasteiger partial charge in [0, 0.05) is 13.1 Å². The summed E-state index contributed by atoms with van der Waals surface area (Å²) in [7, 11) is 0. The number of nitrogens with zero attached hydrogens (tertiary/aromatic N) is 1. The van der Waals surface area contributed by atoms with Crippen LogP contribution in [-0.2, 0) is 11.3 Å². The van der Waals surface area contributed by atoms with Gasteiger partial charge in [0.05, 0.1) is 0 Å². The third-order valence-electron chi connectivity index (χ3n) is 3.22. The van der Waals surface area contributed by atoms with Gasteiger partial charge in [-0.15, -0.1) is 0 Å². The summed E-state index contributed by atoms with van der Waals surface area (Å²) >= 11 is 0. The van der Waals surface area contributed by atoms with Crippen LogP contribution in [0.25, 0.3) is 0 Å². The van der Waals surface area contributed by atoms with Gasteiger partial charge in [-0.2, -0.15) is 0 Å². The highest BCUT2D eigenvalue weighted by atomic mass is 19.2. The predicted molar refractivity (Wildman–Crippen MR) is 70.5 cm³/mol. The highest BCUT2D eigenvalue weighted by Crippen LogP contribution is 2.29. The molecule has 21 heavy (non-hydrogen) atoms. The van der Waals surface area contributed by atoms with E-state index < -0.39 is 23.6 Å². The second-order valence-corrected chi connectivity index (χ2v) is 5.12. The molecule has 2 rings (SSSR count). The highest BCUT2D eigenvalue weighted by molar-refractivity contribution is 5.80. The Bertz CT molecular complexity index is 547. The fourth-order valence-corrected chi connectivity index (χ4v) is 1.93. The van der Waals surface area contributed by atoms with Crippen LogP contribution in [0.5, 0.6) is 0 Å². The van der Waals surface area contributed by atoms with Gasteiger partial charge < -0.3 is 15.3 Å². The van der Waals surface area contributed by atoms with Gasteiger partial charge in [0.15, 0.2) is 11.6 Å². The van der Waals surface area contributed by atoms with Crippen molar-refractivity contribution >= 4 is 12.0 Å². The molecule has 2 N–H and O–H groups in total. The summed E-state index contributed by atoms with van der Waals surface area (Å²) in [6, 6.07) is 2.82. The van der Waals surface area contributed by atoms with Crippen molar-refractivity contribution < 1.29 is 23.5 Å². The second kappa shape index (κ2) is 6.51. The molecule has 1 saturated carbocycles. The Balaban J connectivity index is 1.90. The fourth-order valence-electron chi connectivity index (χ4n) is 1.93. The van der Waals surface area contributed by atoms with Gasteiger partial charge in [0.2, 0.25) is 0 Å². The Morgan fingerprint density at radius 1 is 1.29 bits per heavy atom. The number of carboxylic acid groups (broad SMARTS) is 1. The van der Waals surface area contributed by atoms with Crippen molar-refractivity contribution in [1.29, 1.82) is 0 Å². The summed E-state index contributed by atoms with van der Waals surface area (Å²) in [5.41, 5.74) is 0.406. The van der Waals surface area contributed by atoms with Gasteiger partial charge in [-0.3, -0.25) is 4.79 Å². The zero-order chi connectivity index (χ0) is 15.4. The molecule has 0 radical (unpaired) electrons. The molecule has 0 aromatic heterocycles. The number of hydrogen-bond acceptors (Lipinski definition) is 2. The van der Waals surface area contributed by atoms with Crippen LogP contribution in [0.3, 0.4) is 0 Å². The maximum absolute atomic E-state index is 13.0. The number of carbonyl (C=O) groups excluding carboxylic acids is 1. The van der Waals surface area contributed by atoms with Crippen LogP contribution >= 0.6 is 0 Å². The van der Waals surface area contributed by atoms with E-state index in [-0.39, 0.29) is 13.1 Å². The first kappa shape index (κ1) is 15.2. The van der Waals surface area contributed by atoms with Crippen molar-refractivity contribution in [3.63, 3.8) is 0 Å². The van der Waals surface area contributed by atoms with E-state index in [0.717, 1.165) is 25.0 Å². The van der Waals surface area contributed by atoms with Crippen LogP contribution in [0.1, 0.15) is 18.4 Å². The first-order valence-electron chi connectivity index (χ1n) is 6.64. The Labute approximate surface area is 120 Å². The van der Waals surface area contributed by atoms with Crippen molar-refractivity contribution in [1.82, 2.24) is 10.2 Å². The number of benzene rings is 1. The van der Waals surface area contributed by atoms with Crippen molar-refractivity contribution in [2.24, 2.45) is 5.92 Å². The second-order valence-electron chi connectivity index (χ2n) is 5.12. The molecule has 0 heterocycles. The number of halogens is 2. The third kappa shape index (κ3) is 4.70. The molecule has 0 aliphatic heterocycles. The lowest BCUT2D eigenvalue weighted by Gasteiger charge is -2.21. The molecule has 2 amide bonds. The molecule has 114 valence electrons. The average Bonchev–Trinajstić information content (AvgIpc) is 3.22. The Hall–Kier alpha value is -2.18. The number of carboxylic acids is 1. The lowest BCUT2D eigenvalue weighted by atomic mass is 10.2. The van der Waals surface area contributed by atoms with Gasteiger partial charge in [0.1, 0.15) is 6.54 Å². The van der Waals surface area contributed by atoms with Crippen molar-refractivity contribution in [2.75, 3.05) is 13.1 Å². The molecule has 1 aliphatic rings. The average molecular weight is 298 g/mol. The monoisotopic (exact) mass is 298 g/mol. The Morgan fingerprint density at radius 2 is 2.00 bits per heavy atom. The van der Waals surface area contributed by atoms with Crippen LogP contribution in [-0.4, -0.2) is 35.1 Å². The summed E-state index contributed by atoms with van der Waals surface area (Å²) in [5.74, 6) is -2.66. The van der Waals surface area contributed by atoms with Gasteiger partial charge in [0.25, 0.3) is 0 Å². The molecule has 1 aliphatic carbocycles. The van der Waals surface area contributed by atoms with E-state index in [2.05, 4.69) is 5.32 Å². The third-order valence-corrected chi connectivity index (χ3v) is 3.22. The summed E-state index contributed by atoms with van der Waals surface area (Å²) in [5, 5.41) is 11.3. The first-order chi connectivity index (χ1) is 9.95. The van der Waals surface area contributed by atoms with Crippen molar-refractivity contribution in [3.05, 3.63) is 35.4 Å². The minimum absolute atomic E-state index is 0.0107. The molecule has 7 heteroatoms. The Kier molecular flexibility index (Phi) is 4.72. The minimum atomic E-state index is -1.08. The maximum Gasteiger partial charge on any atom is 0.323 e. The zero-order valence-electron chi connectivity index (χ0n) is 11.3. The van der Waals surface area contributed by atoms with Crippen LogP contribution in [0.4, 0.5) is 13.6 Å². The molecule has 1 aromatic carbocycles. The lowest BCUT2D eigenvalue weighted by molar-refractivity contribution is -0.137. The van der Waals surface area contributed by atoms with E-state index in [1.54, 1.807) is 0 Å². The summed E-state index contributed by atoms with van der Waals surface area (Å²) < 4.78 is 25.8. The number of aliphatic carboxylic acids is 1. The quantitative estimate of drug-likeness (QED) is 0.843. The molecular formula is C14H16F2N2O3. The SMILES string of the molecule is O=C(O)CN(CC1CC1)C(=O)NCc1ccc(F)c(F)c1. The zero-order valence-corrected chi connectivity index (χ0v) is 11.3. The molecule has 0 bridgehead atoms. The number of urea groups is 1. The van der Waals surface area contributed by atoms with E-state index in [1.165, 1.54) is 11.0 Å². The van der Waals surface area contributed by atoms with Crippen LogP contribution in [0.15, 0.2) is 18.2 Å². The smallest absolute Gasteiger partial charge is 0.323 e. The number of nitrogens with one attached hydrogen (secondary N) is 1. The van der Waals surface area contributed by atoms with Crippen LogP contribution in [0.2, 0.25) is 0 Å². The van der Waals surface area contributed by atoms with E-state index in [4.69, 9.17) is 5.11 Å². The highest BCUT2D eigenvalue weighted by Gasteiger charge is 2.27. The molecule has 1 aromatic rings. The number of hydrogen-bond donors (Lipinski definition) is 2. The minimum Gasteiger partial charge on any atom is -0.480 e. The Morgan fingerprint density at radius 3 is 2.57 bits per heavy atom. The van der Waals surface area contributed by atoms with Crippen molar-refractivity contribution in [3.8, 4) is 0 Å². The lowest BCUT2D eigenvalue weighted by Crippen LogP contribution is -2.43. The summed E-state index contributed by atoms with van der Waals surface area (Å²) in [6.07, 6.45) is 1.99. The van der Waals surface area contributed by atoms with Gasteiger partial charge >= 0.3 is 12.0 Å². The van der Waals surface area contributed by atoms with Crippen molar-refractivity contribution in [2.45, 2.75) is 19.4 Å². The molecule has 0 saturated heterocycles. The standard InChI is InChI=1S/C14H16F2N2O3/c15-11-4-3-10(5-12(11)16)6-17-14(21)18(8-13(19)20)7-9-1-2-9/h3-5,9H,1-2,6-8H2,(H,17,21)(H,19,20). The number of amides is 2. The summed E-state index contributed by atoms with van der Waals surface area (Å²) in [4.78, 5) is 23.9. The van der Waals surface area contributed by atoms with Crippen LogP contribution < -0.4 is 5.32 Å². The van der Waals surface area contributed by atoms with Gasteiger partial charge in [-0.25, -0.2) is 13.6 Å². The molecule has 0 spiro atoms. The maximum atomic E-state index is 13.0. The van der Waals surface area contributed by atoms with E-state index in [9.17, 15) is 18.4 Å². The number of carbonyl (C=O) groups is 2. The fraction of sp³-hybridized carbons (Fsp3) is 0.429. The molecule has 0 unspecified atom stereocenters. The van der Waals surface area contributed by atoms with E-state index >= 15 is 0 Å². The van der Waals surface area contributed by atoms with Gasteiger partial charge in [-0.05, 0) is 36.5 Å². The van der Waals surface area contributed by atoms with Gasteiger partial charge in [-0.1, -0.05) is 6.07 Å². The summed E-state index contributed by atoms with van der Waals surface area (Å²) in [6.45, 7) is 0.0346. The molecular weight excluding hydrogens is 282 g/mol. The molecule has 0 atom stereocenters. The largest absolute Gasteiger partial charge is 0.480 e. The first-order valence-corrected chi connectivity index (χ1v) is 6.64. The topological polar surface area (TPSA) is 69.6 Å². The predicted octanol–water partition coefficient (Wildman–Crippen LogP) is 1.97. The van der Waals surface area contributed by atoms with Crippen LogP contribution in [0, 0.1) is 17.6 Å².